The number of amides is 1. The van der Waals surface area contributed by atoms with Crippen LogP contribution in [0.15, 0.2) is 53.1 Å². The first kappa shape index (κ1) is 30.9. The first-order valence-corrected chi connectivity index (χ1v) is 14.6. The van der Waals surface area contributed by atoms with Crippen LogP contribution in [0.5, 0.6) is 5.75 Å². The number of nitrogens with zero attached hydrogens (tertiary/aromatic N) is 3. The van der Waals surface area contributed by atoms with Crippen molar-refractivity contribution in [2.24, 2.45) is 0 Å². The zero-order valence-electron chi connectivity index (χ0n) is 24.2. The van der Waals surface area contributed by atoms with E-state index < -0.39 is 11.9 Å². The van der Waals surface area contributed by atoms with E-state index in [4.69, 9.17) is 14.0 Å². The Labute approximate surface area is 238 Å². The van der Waals surface area contributed by atoms with Crippen LogP contribution in [0, 0.1) is 0 Å². The molecule has 0 spiro atoms. The molecule has 1 heterocycles. The molecular formula is C32H43N3O5. The molecule has 0 aliphatic carbocycles. The number of ether oxygens (including phenoxy) is 2. The van der Waals surface area contributed by atoms with Crippen LogP contribution in [0.1, 0.15) is 88.6 Å². The van der Waals surface area contributed by atoms with Crippen LogP contribution in [0.3, 0.4) is 0 Å². The Hall–Kier alpha value is -3.68. The quantitative estimate of drug-likeness (QED) is 0.103. The first-order valence-electron chi connectivity index (χ1n) is 14.6. The summed E-state index contributed by atoms with van der Waals surface area (Å²) in [4.78, 5) is 31.4. The van der Waals surface area contributed by atoms with Gasteiger partial charge in [0.2, 0.25) is 0 Å². The fourth-order valence-corrected chi connectivity index (χ4v) is 4.65. The third kappa shape index (κ3) is 9.81. The van der Waals surface area contributed by atoms with Crippen LogP contribution in [-0.4, -0.2) is 40.6 Å². The molecular weight excluding hydrogens is 506 g/mol. The molecule has 0 N–H and O–H groups in total. The highest BCUT2D eigenvalue weighted by Gasteiger charge is 2.25. The summed E-state index contributed by atoms with van der Waals surface area (Å²) in [6, 6.07) is 15.0. The third-order valence-corrected chi connectivity index (χ3v) is 6.81. The number of hydrogen-bond acceptors (Lipinski definition) is 7. The number of para-hydroxylation sites is 1. The van der Waals surface area contributed by atoms with Gasteiger partial charge in [0, 0.05) is 24.1 Å². The van der Waals surface area contributed by atoms with Gasteiger partial charge in [0.05, 0.1) is 20.3 Å². The maximum Gasteiger partial charge on any atom is 0.397 e. The number of aryl methyl sites for hydroxylation is 1. The van der Waals surface area contributed by atoms with Gasteiger partial charge in [-0.05, 0) is 37.1 Å². The average molecular weight is 550 g/mol. The average Bonchev–Trinajstić information content (AvgIpc) is 3.45. The summed E-state index contributed by atoms with van der Waals surface area (Å²) in [6.07, 6.45) is 12.2. The minimum atomic E-state index is -0.883. The molecule has 0 saturated heterocycles. The lowest BCUT2D eigenvalue weighted by atomic mass is 10.1. The second-order valence-corrected chi connectivity index (χ2v) is 9.99. The number of aromatic nitrogens is 2. The molecule has 1 amide bonds. The standard InChI is InChI=1S/C32H43N3O5/c1-4-6-7-8-9-10-11-12-13-21-29-33-30(40-34-29)26-19-16-17-25(22-26)23-35(31(36)32(37)39-5-2)24-27-18-14-15-20-28(27)38-3/h14-20,22H,4-13,21,23-24H2,1-3H3. The van der Waals surface area contributed by atoms with Gasteiger partial charge >= 0.3 is 11.9 Å². The molecule has 0 atom stereocenters. The topological polar surface area (TPSA) is 94.8 Å². The van der Waals surface area contributed by atoms with Gasteiger partial charge in [0.25, 0.3) is 5.89 Å². The van der Waals surface area contributed by atoms with Gasteiger partial charge in [-0.15, -0.1) is 0 Å². The van der Waals surface area contributed by atoms with Crippen LogP contribution >= 0.6 is 0 Å². The van der Waals surface area contributed by atoms with Crippen molar-refractivity contribution in [3.05, 3.63) is 65.5 Å². The first-order chi connectivity index (χ1) is 19.5. The summed E-state index contributed by atoms with van der Waals surface area (Å²) in [5.41, 5.74) is 2.38. The number of hydrogen-bond donors (Lipinski definition) is 0. The Kier molecular flexibility index (Phi) is 13.2. The van der Waals surface area contributed by atoms with E-state index in [2.05, 4.69) is 17.1 Å². The molecule has 1 aromatic heterocycles. The van der Waals surface area contributed by atoms with Gasteiger partial charge in [0.15, 0.2) is 5.82 Å². The van der Waals surface area contributed by atoms with Gasteiger partial charge in [-0.25, -0.2) is 4.79 Å². The lowest BCUT2D eigenvalue weighted by Crippen LogP contribution is -2.36. The van der Waals surface area contributed by atoms with E-state index in [9.17, 15) is 9.59 Å². The molecule has 0 fully saturated rings. The summed E-state index contributed by atoms with van der Waals surface area (Å²) in [5, 5.41) is 4.17. The van der Waals surface area contributed by atoms with E-state index in [1.165, 1.54) is 56.3 Å². The number of esters is 1. The van der Waals surface area contributed by atoms with Crippen molar-refractivity contribution in [3.8, 4) is 17.2 Å². The van der Waals surface area contributed by atoms with E-state index >= 15 is 0 Å². The van der Waals surface area contributed by atoms with Crippen molar-refractivity contribution in [1.29, 1.82) is 0 Å². The SMILES string of the molecule is CCCCCCCCCCCc1noc(-c2cccc(CN(Cc3ccccc3OC)C(=O)C(=O)OCC)c2)n1. The normalized spacial score (nSPS) is 10.9. The summed E-state index contributed by atoms with van der Waals surface area (Å²) in [7, 11) is 1.58. The molecule has 8 heteroatoms. The third-order valence-electron chi connectivity index (χ3n) is 6.81. The molecule has 3 aromatic rings. The van der Waals surface area contributed by atoms with Gasteiger partial charge in [-0.3, -0.25) is 4.79 Å². The van der Waals surface area contributed by atoms with E-state index in [0.717, 1.165) is 29.5 Å². The number of carbonyl (C=O) groups is 2. The van der Waals surface area contributed by atoms with Crippen LogP contribution < -0.4 is 4.74 Å². The van der Waals surface area contributed by atoms with Crippen molar-refractivity contribution < 1.29 is 23.6 Å². The maximum atomic E-state index is 13.0. The van der Waals surface area contributed by atoms with Crippen LogP contribution in [0.4, 0.5) is 0 Å². The number of unbranched alkanes of at least 4 members (excludes halogenated alkanes) is 8. The van der Waals surface area contributed by atoms with Crippen molar-refractivity contribution >= 4 is 11.9 Å². The summed E-state index contributed by atoms with van der Waals surface area (Å²) in [5.74, 6) is 0.202. The van der Waals surface area contributed by atoms with Crippen molar-refractivity contribution in [1.82, 2.24) is 15.0 Å². The van der Waals surface area contributed by atoms with Gasteiger partial charge in [-0.2, -0.15) is 4.98 Å². The predicted molar refractivity (Wildman–Crippen MR) is 155 cm³/mol. The number of rotatable bonds is 17. The highest BCUT2D eigenvalue weighted by atomic mass is 16.5. The smallest absolute Gasteiger partial charge is 0.397 e. The highest BCUT2D eigenvalue weighted by molar-refractivity contribution is 6.32. The molecule has 8 nitrogen and oxygen atoms in total. The van der Waals surface area contributed by atoms with Crippen LogP contribution in [0.2, 0.25) is 0 Å². The molecule has 3 rings (SSSR count). The molecule has 0 radical (unpaired) electrons. The monoisotopic (exact) mass is 549 g/mol. The van der Waals surface area contributed by atoms with Crippen molar-refractivity contribution in [3.63, 3.8) is 0 Å². The Morgan fingerprint density at radius 2 is 1.60 bits per heavy atom. The van der Waals surface area contributed by atoms with E-state index in [1.54, 1.807) is 14.0 Å². The molecule has 0 saturated carbocycles. The number of methoxy groups -OCH3 is 1. The number of benzene rings is 2. The molecule has 2 aromatic carbocycles. The molecule has 0 unspecified atom stereocenters. The van der Waals surface area contributed by atoms with Crippen LogP contribution in [0.25, 0.3) is 11.5 Å². The molecule has 40 heavy (non-hydrogen) atoms. The second-order valence-electron chi connectivity index (χ2n) is 9.99. The molecule has 216 valence electrons. The van der Waals surface area contributed by atoms with E-state index in [1.807, 2.05) is 48.5 Å². The molecule has 0 bridgehead atoms. The molecule has 0 aliphatic heterocycles. The zero-order chi connectivity index (χ0) is 28.6. The summed E-state index contributed by atoms with van der Waals surface area (Å²) in [6.45, 7) is 4.43. The van der Waals surface area contributed by atoms with Gasteiger partial charge in [0.1, 0.15) is 5.75 Å². The number of carbonyl (C=O) groups excluding carboxylic acids is 2. The second kappa shape index (κ2) is 17.1. The van der Waals surface area contributed by atoms with Crippen molar-refractivity contribution in [2.75, 3.05) is 13.7 Å². The Balaban J connectivity index is 1.61. The van der Waals surface area contributed by atoms with Gasteiger partial charge < -0.3 is 18.9 Å². The fraction of sp³-hybridized carbons (Fsp3) is 0.500. The minimum Gasteiger partial charge on any atom is -0.496 e. The highest BCUT2D eigenvalue weighted by Crippen LogP contribution is 2.23. The largest absolute Gasteiger partial charge is 0.496 e. The zero-order valence-corrected chi connectivity index (χ0v) is 24.2. The lowest BCUT2D eigenvalue weighted by molar-refractivity contribution is -0.160. The van der Waals surface area contributed by atoms with E-state index in [-0.39, 0.29) is 19.7 Å². The maximum absolute atomic E-state index is 13.0. The minimum absolute atomic E-state index is 0.126. The Morgan fingerprint density at radius 1 is 0.875 bits per heavy atom. The summed E-state index contributed by atoms with van der Waals surface area (Å²) < 4.78 is 16.0. The summed E-state index contributed by atoms with van der Waals surface area (Å²) >= 11 is 0. The van der Waals surface area contributed by atoms with Crippen LogP contribution in [-0.2, 0) is 33.8 Å². The van der Waals surface area contributed by atoms with E-state index in [0.29, 0.717) is 17.5 Å². The molecule has 0 aliphatic rings. The fourth-order valence-electron chi connectivity index (χ4n) is 4.65. The predicted octanol–water partition coefficient (Wildman–Crippen LogP) is 6.91. The lowest BCUT2D eigenvalue weighted by Gasteiger charge is -2.23. The Morgan fingerprint density at radius 3 is 2.33 bits per heavy atom. The Bertz CT molecular complexity index is 1190. The van der Waals surface area contributed by atoms with Crippen molar-refractivity contribution in [2.45, 2.75) is 91.1 Å². The van der Waals surface area contributed by atoms with Gasteiger partial charge in [-0.1, -0.05) is 93.8 Å².